The van der Waals surface area contributed by atoms with Gasteiger partial charge in [0.25, 0.3) is 0 Å². The van der Waals surface area contributed by atoms with E-state index in [2.05, 4.69) is 22.5 Å². The fourth-order valence-electron chi connectivity index (χ4n) is 4.29. The van der Waals surface area contributed by atoms with Gasteiger partial charge in [-0.25, -0.2) is 0 Å². The van der Waals surface area contributed by atoms with Gasteiger partial charge in [-0.1, -0.05) is 36.6 Å². The summed E-state index contributed by atoms with van der Waals surface area (Å²) in [5, 5.41) is 8.22. The lowest BCUT2D eigenvalue weighted by atomic mass is 9.79. The quantitative estimate of drug-likeness (QED) is 0.884. The van der Waals surface area contributed by atoms with Crippen LogP contribution in [0.2, 0.25) is 5.02 Å². The molecule has 1 aromatic carbocycles. The van der Waals surface area contributed by atoms with E-state index in [1.54, 1.807) is 4.68 Å². The predicted octanol–water partition coefficient (Wildman–Crippen LogP) is 3.81. The molecule has 0 aliphatic heterocycles. The Morgan fingerprint density at radius 3 is 2.68 bits per heavy atom. The van der Waals surface area contributed by atoms with Crippen molar-refractivity contribution in [3.63, 3.8) is 0 Å². The maximum Gasteiger partial charge on any atom is 0.223 e. The second-order valence-electron chi connectivity index (χ2n) is 7.61. The second-order valence-corrected chi connectivity index (χ2v) is 8.04. The van der Waals surface area contributed by atoms with Gasteiger partial charge in [-0.3, -0.25) is 9.48 Å². The molecule has 1 heterocycles. The number of carbonyl (C=O) groups excluding carboxylic acids is 1. The number of aromatic nitrogens is 2. The van der Waals surface area contributed by atoms with E-state index in [1.165, 1.54) is 24.0 Å². The number of hydrogen-bond donors (Lipinski definition) is 1. The van der Waals surface area contributed by atoms with Gasteiger partial charge in [0.05, 0.1) is 6.20 Å². The van der Waals surface area contributed by atoms with Gasteiger partial charge in [-0.2, -0.15) is 5.10 Å². The van der Waals surface area contributed by atoms with Crippen LogP contribution in [0.5, 0.6) is 0 Å². The molecule has 2 fully saturated rings. The first-order chi connectivity index (χ1) is 12.1. The number of amides is 1. The normalized spacial score (nSPS) is 24.2. The van der Waals surface area contributed by atoms with Crippen molar-refractivity contribution in [1.82, 2.24) is 15.1 Å². The van der Waals surface area contributed by atoms with Crippen molar-refractivity contribution in [3.8, 4) is 0 Å². The summed E-state index contributed by atoms with van der Waals surface area (Å²) in [6.07, 6.45) is 9.54. The number of nitrogens with one attached hydrogen (secondary N) is 1. The Balaban J connectivity index is 1.40. The third kappa shape index (κ3) is 3.32. The van der Waals surface area contributed by atoms with Gasteiger partial charge in [-0.05, 0) is 48.4 Å². The molecule has 1 amide bonds. The Morgan fingerprint density at radius 2 is 2.04 bits per heavy atom. The van der Waals surface area contributed by atoms with Crippen LogP contribution in [0.15, 0.2) is 36.7 Å². The van der Waals surface area contributed by atoms with E-state index in [9.17, 15) is 4.79 Å². The van der Waals surface area contributed by atoms with E-state index in [1.807, 2.05) is 31.6 Å². The van der Waals surface area contributed by atoms with Crippen molar-refractivity contribution >= 4 is 17.5 Å². The molecule has 0 radical (unpaired) electrons. The van der Waals surface area contributed by atoms with Crippen LogP contribution in [0.1, 0.15) is 49.1 Å². The predicted molar refractivity (Wildman–Crippen MR) is 98.7 cm³/mol. The summed E-state index contributed by atoms with van der Waals surface area (Å²) >= 11 is 6.04. The van der Waals surface area contributed by atoms with Crippen LogP contribution in [0.4, 0.5) is 0 Å². The molecule has 0 saturated heterocycles. The van der Waals surface area contributed by atoms with Crippen molar-refractivity contribution in [2.24, 2.45) is 13.0 Å². The van der Waals surface area contributed by atoms with E-state index < -0.39 is 0 Å². The molecule has 2 unspecified atom stereocenters. The minimum atomic E-state index is 0.0684. The molecule has 2 aliphatic rings. The monoisotopic (exact) mass is 357 g/mol. The standard InChI is InChI=1S/C20H24ClN3O/c1-24-12-14(11-23-24)17-10-18(17)19(25)22-13-20(8-2-3-9-20)15-4-6-16(21)7-5-15/h4-7,11-12,17-18H,2-3,8-10,13H2,1H3,(H,22,25). The fraction of sp³-hybridized carbons (Fsp3) is 0.500. The highest BCUT2D eigenvalue weighted by Crippen LogP contribution is 2.48. The smallest absolute Gasteiger partial charge is 0.223 e. The molecule has 4 nitrogen and oxygen atoms in total. The van der Waals surface area contributed by atoms with Crippen molar-refractivity contribution in [1.29, 1.82) is 0 Å². The summed E-state index contributed by atoms with van der Waals surface area (Å²) in [6, 6.07) is 8.15. The van der Waals surface area contributed by atoms with Crippen LogP contribution in [-0.2, 0) is 17.3 Å². The van der Waals surface area contributed by atoms with Crippen LogP contribution in [0.3, 0.4) is 0 Å². The summed E-state index contributed by atoms with van der Waals surface area (Å²) in [4.78, 5) is 12.6. The number of carbonyl (C=O) groups is 1. The van der Waals surface area contributed by atoms with Crippen molar-refractivity contribution in [2.45, 2.75) is 43.4 Å². The summed E-state index contributed by atoms with van der Waals surface area (Å²) in [5.41, 5.74) is 2.55. The number of rotatable bonds is 5. The Hall–Kier alpha value is -1.81. The number of aryl methyl sites for hydroxylation is 1. The molecule has 2 saturated carbocycles. The van der Waals surface area contributed by atoms with Crippen molar-refractivity contribution < 1.29 is 4.79 Å². The fourth-order valence-corrected chi connectivity index (χ4v) is 4.42. The van der Waals surface area contributed by atoms with Gasteiger partial charge >= 0.3 is 0 Å². The van der Waals surface area contributed by atoms with E-state index in [0.717, 1.165) is 30.8 Å². The van der Waals surface area contributed by atoms with E-state index in [4.69, 9.17) is 11.6 Å². The summed E-state index contributed by atoms with van der Waals surface area (Å²) in [5.74, 6) is 0.630. The third-order valence-corrected chi connectivity index (χ3v) is 6.15. The topological polar surface area (TPSA) is 46.9 Å². The first-order valence-corrected chi connectivity index (χ1v) is 9.47. The van der Waals surface area contributed by atoms with Crippen LogP contribution in [0, 0.1) is 5.92 Å². The molecule has 132 valence electrons. The zero-order valence-corrected chi connectivity index (χ0v) is 15.3. The molecule has 4 rings (SSSR count). The molecule has 5 heteroatoms. The first-order valence-electron chi connectivity index (χ1n) is 9.10. The number of halogens is 1. The average molecular weight is 358 g/mol. The van der Waals surface area contributed by atoms with E-state index in [0.29, 0.717) is 5.92 Å². The Kier molecular flexibility index (Phi) is 4.32. The third-order valence-electron chi connectivity index (χ3n) is 5.90. The van der Waals surface area contributed by atoms with Gasteiger partial charge in [0, 0.05) is 36.1 Å². The van der Waals surface area contributed by atoms with Crippen molar-refractivity contribution in [3.05, 3.63) is 52.8 Å². The van der Waals surface area contributed by atoms with Crippen LogP contribution >= 0.6 is 11.6 Å². The van der Waals surface area contributed by atoms with E-state index >= 15 is 0 Å². The SMILES string of the molecule is Cn1cc(C2CC2C(=O)NCC2(c3ccc(Cl)cc3)CCCC2)cn1. The molecular weight excluding hydrogens is 334 g/mol. The molecule has 0 spiro atoms. The molecule has 2 atom stereocenters. The molecule has 2 aliphatic carbocycles. The number of hydrogen-bond acceptors (Lipinski definition) is 2. The lowest BCUT2D eigenvalue weighted by Crippen LogP contribution is -2.39. The molecule has 2 aromatic rings. The zero-order chi connectivity index (χ0) is 17.4. The van der Waals surface area contributed by atoms with Crippen LogP contribution in [0.25, 0.3) is 0 Å². The minimum absolute atomic E-state index is 0.0684. The lowest BCUT2D eigenvalue weighted by molar-refractivity contribution is -0.122. The molecule has 0 bridgehead atoms. The maximum atomic E-state index is 12.6. The van der Waals surface area contributed by atoms with Gasteiger partial charge < -0.3 is 5.32 Å². The number of nitrogens with zero attached hydrogens (tertiary/aromatic N) is 2. The summed E-state index contributed by atoms with van der Waals surface area (Å²) in [7, 11) is 1.91. The van der Waals surface area contributed by atoms with Crippen LogP contribution < -0.4 is 5.32 Å². The molecule has 1 N–H and O–H groups in total. The van der Waals surface area contributed by atoms with Gasteiger partial charge in [0.15, 0.2) is 0 Å². The Bertz CT molecular complexity index is 762. The first kappa shape index (κ1) is 16.6. The average Bonchev–Trinajstić information content (AvgIpc) is 3.05. The van der Waals surface area contributed by atoms with Crippen LogP contribution in [-0.4, -0.2) is 22.2 Å². The minimum Gasteiger partial charge on any atom is -0.355 e. The highest BCUT2D eigenvalue weighted by atomic mass is 35.5. The summed E-state index contributed by atoms with van der Waals surface area (Å²) in [6.45, 7) is 0.726. The Morgan fingerprint density at radius 1 is 1.32 bits per heavy atom. The van der Waals surface area contributed by atoms with Crippen molar-refractivity contribution in [2.75, 3.05) is 6.54 Å². The molecule has 1 aromatic heterocycles. The zero-order valence-electron chi connectivity index (χ0n) is 14.5. The molecule has 25 heavy (non-hydrogen) atoms. The number of benzene rings is 1. The van der Waals surface area contributed by atoms with E-state index in [-0.39, 0.29) is 17.2 Å². The van der Waals surface area contributed by atoms with Gasteiger partial charge in [-0.15, -0.1) is 0 Å². The summed E-state index contributed by atoms with van der Waals surface area (Å²) < 4.78 is 1.80. The molecular formula is C20H24ClN3O. The van der Waals surface area contributed by atoms with Gasteiger partial charge in [0.2, 0.25) is 5.91 Å². The Labute approximate surface area is 153 Å². The largest absolute Gasteiger partial charge is 0.355 e. The lowest BCUT2D eigenvalue weighted by Gasteiger charge is -2.30. The highest BCUT2D eigenvalue weighted by Gasteiger charge is 2.45. The second kappa shape index (κ2) is 6.49. The highest BCUT2D eigenvalue weighted by molar-refractivity contribution is 6.30. The maximum absolute atomic E-state index is 12.6. The van der Waals surface area contributed by atoms with Gasteiger partial charge in [0.1, 0.15) is 0 Å².